The van der Waals surface area contributed by atoms with Crippen molar-refractivity contribution in [2.75, 3.05) is 0 Å². The molecule has 2 N–H and O–H groups in total. The highest BCUT2D eigenvalue weighted by Crippen LogP contribution is 2.23. The molecule has 5 heteroatoms. The summed E-state index contributed by atoms with van der Waals surface area (Å²) < 4.78 is 0. The number of nitrogens with zero attached hydrogens (tertiary/aromatic N) is 1. The molecule has 0 aromatic carbocycles. The number of rotatable bonds is 3. The maximum atomic E-state index is 5.25. The van der Waals surface area contributed by atoms with Gasteiger partial charge in [-0.2, -0.15) is 5.10 Å². The standard InChI is InChI=1S/C13H19N3S2/c1-10-5-2-3-7-12(10)15-13(17)16-14-9-11-6-4-8-18-11/h4,6,8-10,12H,2-3,5,7H2,1H3,(H2,15,16,17)/b14-9-/t10-,12-/m1/s1. The van der Waals surface area contributed by atoms with Crippen molar-refractivity contribution in [2.24, 2.45) is 11.0 Å². The number of thiocarbonyl (C=S) groups is 1. The molecule has 0 amide bonds. The predicted octanol–water partition coefficient (Wildman–Crippen LogP) is 3.12. The molecule has 0 radical (unpaired) electrons. The summed E-state index contributed by atoms with van der Waals surface area (Å²) in [6.07, 6.45) is 6.93. The fourth-order valence-electron chi connectivity index (χ4n) is 2.25. The van der Waals surface area contributed by atoms with E-state index in [1.54, 1.807) is 17.6 Å². The van der Waals surface area contributed by atoms with Crippen molar-refractivity contribution in [1.82, 2.24) is 10.7 Å². The molecule has 1 aromatic heterocycles. The number of hydrazone groups is 1. The van der Waals surface area contributed by atoms with Crippen LogP contribution in [0, 0.1) is 5.92 Å². The third kappa shape index (κ3) is 4.07. The third-order valence-corrected chi connectivity index (χ3v) is 4.35. The van der Waals surface area contributed by atoms with E-state index >= 15 is 0 Å². The zero-order valence-electron chi connectivity index (χ0n) is 10.6. The Morgan fingerprint density at radius 2 is 2.33 bits per heavy atom. The molecule has 0 aliphatic heterocycles. The summed E-state index contributed by atoms with van der Waals surface area (Å²) in [5.74, 6) is 0.694. The normalized spacial score (nSPS) is 24.1. The minimum absolute atomic E-state index is 0.496. The first kappa shape index (κ1) is 13.5. The van der Waals surface area contributed by atoms with E-state index in [0.29, 0.717) is 17.1 Å². The highest BCUT2D eigenvalue weighted by atomic mass is 32.1. The summed E-state index contributed by atoms with van der Waals surface area (Å²) in [4.78, 5) is 1.12. The summed E-state index contributed by atoms with van der Waals surface area (Å²) in [6.45, 7) is 2.29. The van der Waals surface area contributed by atoms with E-state index in [0.717, 1.165) is 4.88 Å². The average molecular weight is 281 g/mol. The van der Waals surface area contributed by atoms with Crippen molar-refractivity contribution < 1.29 is 0 Å². The number of nitrogens with one attached hydrogen (secondary N) is 2. The van der Waals surface area contributed by atoms with Gasteiger partial charge in [-0.15, -0.1) is 11.3 Å². The Labute approximate surface area is 118 Å². The molecule has 3 nitrogen and oxygen atoms in total. The van der Waals surface area contributed by atoms with E-state index in [2.05, 4.69) is 22.8 Å². The first-order chi connectivity index (χ1) is 8.75. The first-order valence-corrected chi connectivity index (χ1v) is 7.67. The quantitative estimate of drug-likeness (QED) is 0.508. The SMILES string of the molecule is C[C@@H]1CCCC[C@H]1NC(=S)N/N=C\c1cccs1. The lowest BCUT2D eigenvalue weighted by Crippen LogP contribution is -2.44. The molecular formula is C13H19N3S2. The Morgan fingerprint density at radius 3 is 3.06 bits per heavy atom. The maximum Gasteiger partial charge on any atom is 0.187 e. The van der Waals surface area contributed by atoms with Crippen molar-refractivity contribution in [3.63, 3.8) is 0 Å². The van der Waals surface area contributed by atoms with E-state index in [9.17, 15) is 0 Å². The Bertz CT molecular complexity index is 400. The van der Waals surface area contributed by atoms with Crippen LogP contribution < -0.4 is 10.7 Å². The molecule has 0 saturated heterocycles. The molecule has 1 aliphatic carbocycles. The van der Waals surface area contributed by atoms with Crippen LogP contribution in [0.2, 0.25) is 0 Å². The second-order valence-corrected chi connectivity index (χ2v) is 6.11. The van der Waals surface area contributed by atoms with Gasteiger partial charge >= 0.3 is 0 Å². The van der Waals surface area contributed by atoms with Crippen molar-refractivity contribution in [2.45, 2.75) is 38.6 Å². The number of thiophene rings is 1. The van der Waals surface area contributed by atoms with Crippen molar-refractivity contribution in [1.29, 1.82) is 0 Å². The Morgan fingerprint density at radius 1 is 1.50 bits per heavy atom. The van der Waals surface area contributed by atoms with Gasteiger partial charge in [0, 0.05) is 10.9 Å². The minimum Gasteiger partial charge on any atom is -0.358 e. The van der Waals surface area contributed by atoms with Gasteiger partial charge in [-0.25, -0.2) is 0 Å². The Kier molecular flexibility index (Phi) is 5.13. The highest BCUT2D eigenvalue weighted by molar-refractivity contribution is 7.80. The molecule has 2 rings (SSSR count). The van der Waals surface area contributed by atoms with E-state index in [1.165, 1.54) is 25.7 Å². The molecule has 98 valence electrons. The molecule has 0 unspecified atom stereocenters. The Hall–Kier alpha value is -0.940. The molecule has 1 aromatic rings. The molecule has 1 saturated carbocycles. The maximum absolute atomic E-state index is 5.25. The van der Waals surface area contributed by atoms with Gasteiger partial charge in [0.15, 0.2) is 5.11 Å². The van der Waals surface area contributed by atoms with E-state index in [-0.39, 0.29) is 0 Å². The fourth-order valence-corrected chi connectivity index (χ4v) is 3.04. The lowest BCUT2D eigenvalue weighted by Gasteiger charge is -2.30. The zero-order chi connectivity index (χ0) is 12.8. The van der Waals surface area contributed by atoms with Crippen LogP contribution >= 0.6 is 23.6 Å². The minimum atomic E-state index is 0.496. The van der Waals surface area contributed by atoms with Crippen LogP contribution in [0.5, 0.6) is 0 Å². The molecular weight excluding hydrogens is 262 g/mol. The van der Waals surface area contributed by atoms with E-state index in [4.69, 9.17) is 12.2 Å². The van der Waals surface area contributed by atoms with Gasteiger partial charge in [-0.05, 0) is 42.4 Å². The van der Waals surface area contributed by atoms with Crippen LogP contribution in [-0.2, 0) is 0 Å². The number of hydrogen-bond acceptors (Lipinski definition) is 3. The highest BCUT2D eigenvalue weighted by Gasteiger charge is 2.21. The fraction of sp³-hybridized carbons (Fsp3) is 0.538. The largest absolute Gasteiger partial charge is 0.358 e. The molecule has 1 aliphatic rings. The topological polar surface area (TPSA) is 36.4 Å². The van der Waals surface area contributed by atoms with Crippen LogP contribution in [-0.4, -0.2) is 17.4 Å². The number of hydrogen-bond donors (Lipinski definition) is 2. The first-order valence-electron chi connectivity index (χ1n) is 6.39. The summed E-state index contributed by atoms with van der Waals surface area (Å²) in [6, 6.07) is 4.53. The summed E-state index contributed by atoms with van der Waals surface area (Å²) in [5, 5.41) is 10.2. The van der Waals surface area contributed by atoms with E-state index in [1.807, 2.05) is 17.5 Å². The van der Waals surface area contributed by atoms with Gasteiger partial charge in [0.2, 0.25) is 0 Å². The second-order valence-electron chi connectivity index (χ2n) is 4.73. The molecule has 1 fully saturated rings. The van der Waals surface area contributed by atoms with Crippen LogP contribution in [0.25, 0.3) is 0 Å². The predicted molar refractivity (Wildman–Crippen MR) is 82.2 cm³/mol. The van der Waals surface area contributed by atoms with Crippen molar-refractivity contribution >= 4 is 34.9 Å². The Balaban J connectivity index is 1.74. The second kappa shape index (κ2) is 6.85. The molecule has 2 atom stereocenters. The van der Waals surface area contributed by atoms with Crippen LogP contribution in [0.1, 0.15) is 37.5 Å². The van der Waals surface area contributed by atoms with Gasteiger partial charge in [-0.3, -0.25) is 5.43 Å². The lowest BCUT2D eigenvalue weighted by atomic mass is 9.86. The monoisotopic (exact) mass is 281 g/mol. The summed E-state index contributed by atoms with van der Waals surface area (Å²) in [7, 11) is 0. The van der Waals surface area contributed by atoms with E-state index < -0.39 is 0 Å². The third-order valence-electron chi connectivity index (χ3n) is 3.33. The smallest absolute Gasteiger partial charge is 0.187 e. The van der Waals surface area contributed by atoms with Crippen LogP contribution in [0.15, 0.2) is 22.6 Å². The molecule has 18 heavy (non-hydrogen) atoms. The van der Waals surface area contributed by atoms with Gasteiger partial charge in [-0.1, -0.05) is 25.8 Å². The van der Waals surface area contributed by atoms with Gasteiger partial charge in [0.25, 0.3) is 0 Å². The van der Waals surface area contributed by atoms with Crippen molar-refractivity contribution in [3.8, 4) is 0 Å². The summed E-state index contributed by atoms with van der Waals surface area (Å²) >= 11 is 6.91. The van der Waals surface area contributed by atoms with Crippen LogP contribution in [0.3, 0.4) is 0 Å². The van der Waals surface area contributed by atoms with Gasteiger partial charge < -0.3 is 5.32 Å². The zero-order valence-corrected chi connectivity index (χ0v) is 12.2. The van der Waals surface area contributed by atoms with Gasteiger partial charge in [0.05, 0.1) is 6.21 Å². The molecule has 0 spiro atoms. The average Bonchev–Trinajstić information content (AvgIpc) is 2.85. The van der Waals surface area contributed by atoms with Crippen molar-refractivity contribution in [3.05, 3.63) is 22.4 Å². The lowest BCUT2D eigenvalue weighted by molar-refractivity contribution is 0.308. The van der Waals surface area contributed by atoms with Crippen LogP contribution in [0.4, 0.5) is 0 Å². The summed E-state index contributed by atoms with van der Waals surface area (Å²) in [5.41, 5.74) is 2.89. The molecule has 0 bridgehead atoms. The van der Waals surface area contributed by atoms with Gasteiger partial charge in [0.1, 0.15) is 0 Å². The molecule has 1 heterocycles.